The Balaban J connectivity index is 1.63. The molecule has 0 spiro atoms. The van der Waals surface area contributed by atoms with Gasteiger partial charge in [-0.1, -0.05) is 49.0 Å². The molecule has 1 aromatic heterocycles. The van der Waals surface area contributed by atoms with Crippen molar-refractivity contribution in [1.29, 1.82) is 0 Å². The summed E-state index contributed by atoms with van der Waals surface area (Å²) in [6, 6.07) is 17.0. The molecular weight excluding hydrogens is 348 g/mol. The second kappa shape index (κ2) is 8.53. The number of benzene rings is 2. The Morgan fingerprint density at radius 1 is 1.12 bits per heavy atom. The molecule has 2 aromatic carbocycles. The molecular formula is C19H20N4O2S. The number of amides is 1. The molecule has 0 aliphatic rings. The predicted octanol–water partition coefficient (Wildman–Crippen LogP) is 3.66. The van der Waals surface area contributed by atoms with Crippen molar-refractivity contribution in [2.45, 2.75) is 25.6 Å². The molecule has 0 bridgehead atoms. The van der Waals surface area contributed by atoms with Crippen LogP contribution in [0.2, 0.25) is 0 Å². The Labute approximate surface area is 156 Å². The number of thioether (sulfide) groups is 1. The zero-order chi connectivity index (χ0) is 18.4. The maximum Gasteiger partial charge on any atom is 0.270 e. The molecule has 134 valence electrons. The fourth-order valence-electron chi connectivity index (χ4n) is 2.30. The van der Waals surface area contributed by atoms with Crippen molar-refractivity contribution in [2.24, 2.45) is 0 Å². The van der Waals surface area contributed by atoms with Crippen molar-refractivity contribution >= 4 is 17.7 Å². The highest BCUT2D eigenvalue weighted by molar-refractivity contribution is 7.99. The van der Waals surface area contributed by atoms with Crippen LogP contribution in [0.15, 0.2) is 59.8 Å². The number of aryl methyl sites for hydroxylation is 1. The summed E-state index contributed by atoms with van der Waals surface area (Å²) in [6.07, 6.45) is 0. The summed E-state index contributed by atoms with van der Waals surface area (Å²) in [4.78, 5) is 12.5. The number of nitrogens with one attached hydrogen (secondary N) is 1. The summed E-state index contributed by atoms with van der Waals surface area (Å²) in [6.45, 7) is 4.31. The summed E-state index contributed by atoms with van der Waals surface area (Å²) >= 11 is 1.52. The maximum atomic E-state index is 12.5. The van der Waals surface area contributed by atoms with Gasteiger partial charge in [0.1, 0.15) is 18.2 Å². The highest BCUT2D eigenvalue weighted by Crippen LogP contribution is 2.17. The van der Waals surface area contributed by atoms with E-state index in [0.29, 0.717) is 28.9 Å². The summed E-state index contributed by atoms with van der Waals surface area (Å²) in [7, 11) is 0. The van der Waals surface area contributed by atoms with E-state index >= 15 is 0 Å². The van der Waals surface area contributed by atoms with E-state index in [1.807, 2.05) is 37.3 Å². The molecule has 0 aliphatic carbocycles. The summed E-state index contributed by atoms with van der Waals surface area (Å²) in [5.41, 5.74) is 4.46. The van der Waals surface area contributed by atoms with Gasteiger partial charge in [0.2, 0.25) is 5.16 Å². The third-order valence-electron chi connectivity index (χ3n) is 3.65. The Hall–Kier alpha value is -2.80. The van der Waals surface area contributed by atoms with Crippen LogP contribution in [-0.2, 0) is 6.61 Å². The molecule has 0 fully saturated rings. The van der Waals surface area contributed by atoms with E-state index in [1.54, 1.807) is 35.9 Å². The molecule has 0 unspecified atom stereocenters. The molecule has 0 aliphatic heterocycles. The van der Waals surface area contributed by atoms with Crippen LogP contribution in [0, 0.1) is 6.92 Å². The van der Waals surface area contributed by atoms with Gasteiger partial charge in [0.15, 0.2) is 0 Å². The third-order valence-corrected chi connectivity index (χ3v) is 4.46. The Kier molecular flexibility index (Phi) is 5.91. The van der Waals surface area contributed by atoms with Gasteiger partial charge in [-0.15, -0.1) is 10.2 Å². The van der Waals surface area contributed by atoms with Crippen LogP contribution in [-0.4, -0.2) is 26.5 Å². The van der Waals surface area contributed by atoms with E-state index in [-0.39, 0.29) is 5.91 Å². The molecule has 0 saturated heterocycles. The monoisotopic (exact) mass is 368 g/mol. The molecule has 26 heavy (non-hydrogen) atoms. The molecule has 1 amide bonds. The topological polar surface area (TPSA) is 69.0 Å². The van der Waals surface area contributed by atoms with Gasteiger partial charge < -0.3 is 4.74 Å². The first kappa shape index (κ1) is 18.0. The summed E-state index contributed by atoms with van der Waals surface area (Å²) < 4.78 is 7.35. The van der Waals surface area contributed by atoms with Crippen molar-refractivity contribution < 1.29 is 9.53 Å². The van der Waals surface area contributed by atoms with Crippen LogP contribution < -0.4 is 10.2 Å². The molecule has 0 atom stereocenters. The first-order valence-electron chi connectivity index (χ1n) is 8.30. The quantitative estimate of drug-likeness (QED) is 0.645. The van der Waals surface area contributed by atoms with Gasteiger partial charge in [-0.2, -0.15) is 0 Å². The molecule has 7 heteroatoms. The molecule has 3 aromatic rings. The fraction of sp³-hybridized carbons (Fsp3) is 0.211. The highest BCUT2D eigenvalue weighted by Gasteiger charge is 2.13. The van der Waals surface area contributed by atoms with Crippen molar-refractivity contribution in [3.05, 3.63) is 71.5 Å². The lowest BCUT2D eigenvalue weighted by molar-refractivity contribution is 0.100. The van der Waals surface area contributed by atoms with Crippen molar-refractivity contribution in [1.82, 2.24) is 14.9 Å². The smallest absolute Gasteiger partial charge is 0.270 e. The SMILES string of the molecule is CCSc1nnc(C)n1NC(=O)c1ccc(OCc2ccccc2)cc1. The van der Waals surface area contributed by atoms with Gasteiger partial charge in [0.05, 0.1) is 0 Å². The molecule has 0 radical (unpaired) electrons. The normalized spacial score (nSPS) is 10.5. The highest BCUT2D eigenvalue weighted by atomic mass is 32.2. The lowest BCUT2D eigenvalue weighted by Gasteiger charge is -2.10. The van der Waals surface area contributed by atoms with Gasteiger partial charge in [0, 0.05) is 5.56 Å². The Morgan fingerprint density at radius 3 is 2.54 bits per heavy atom. The van der Waals surface area contributed by atoms with Gasteiger partial charge in [-0.05, 0) is 42.5 Å². The molecule has 3 rings (SSSR count). The molecule has 1 N–H and O–H groups in total. The van der Waals surface area contributed by atoms with Gasteiger partial charge in [0.25, 0.3) is 5.91 Å². The maximum absolute atomic E-state index is 12.5. The van der Waals surface area contributed by atoms with Gasteiger partial charge in [-0.3, -0.25) is 10.2 Å². The Morgan fingerprint density at radius 2 is 1.85 bits per heavy atom. The van der Waals surface area contributed by atoms with E-state index < -0.39 is 0 Å². The first-order valence-corrected chi connectivity index (χ1v) is 9.29. The second-order valence-electron chi connectivity index (χ2n) is 5.54. The first-order chi connectivity index (χ1) is 12.7. The van der Waals surface area contributed by atoms with Crippen LogP contribution >= 0.6 is 11.8 Å². The minimum Gasteiger partial charge on any atom is -0.489 e. The minimum absolute atomic E-state index is 0.222. The lowest BCUT2D eigenvalue weighted by atomic mass is 10.2. The van der Waals surface area contributed by atoms with Crippen LogP contribution in [0.25, 0.3) is 0 Å². The van der Waals surface area contributed by atoms with Gasteiger partial charge >= 0.3 is 0 Å². The zero-order valence-corrected chi connectivity index (χ0v) is 15.5. The average Bonchev–Trinajstić information content (AvgIpc) is 3.01. The van der Waals surface area contributed by atoms with Crippen LogP contribution in [0.5, 0.6) is 5.75 Å². The van der Waals surface area contributed by atoms with Crippen LogP contribution in [0.3, 0.4) is 0 Å². The van der Waals surface area contributed by atoms with Gasteiger partial charge in [-0.25, -0.2) is 4.68 Å². The van der Waals surface area contributed by atoms with E-state index in [0.717, 1.165) is 11.3 Å². The van der Waals surface area contributed by atoms with Crippen molar-refractivity contribution in [2.75, 3.05) is 11.2 Å². The van der Waals surface area contributed by atoms with Crippen molar-refractivity contribution in [3.8, 4) is 5.75 Å². The largest absolute Gasteiger partial charge is 0.489 e. The number of rotatable bonds is 7. The number of carbonyl (C=O) groups is 1. The van der Waals surface area contributed by atoms with E-state index in [2.05, 4.69) is 15.6 Å². The van der Waals surface area contributed by atoms with Crippen LogP contribution in [0.4, 0.5) is 0 Å². The predicted molar refractivity (Wildman–Crippen MR) is 102 cm³/mol. The minimum atomic E-state index is -0.222. The number of hydrogen-bond acceptors (Lipinski definition) is 5. The van der Waals surface area contributed by atoms with E-state index in [9.17, 15) is 4.79 Å². The van der Waals surface area contributed by atoms with Crippen molar-refractivity contribution in [3.63, 3.8) is 0 Å². The second-order valence-corrected chi connectivity index (χ2v) is 6.77. The number of ether oxygens (including phenoxy) is 1. The standard InChI is InChI=1S/C19H20N4O2S/c1-3-26-19-21-20-14(2)23(19)22-18(24)16-9-11-17(12-10-16)25-13-15-7-5-4-6-8-15/h4-12H,3,13H2,1-2H3,(H,22,24). The van der Waals surface area contributed by atoms with Crippen LogP contribution in [0.1, 0.15) is 28.7 Å². The molecule has 6 nitrogen and oxygen atoms in total. The lowest BCUT2D eigenvalue weighted by Crippen LogP contribution is -2.24. The van der Waals surface area contributed by atoms with E-state index in [1.165, 1.54) is 11.8 Å². The number of nitrogens with zero attached hydrogens (tertiary/aromatic N) is 3. The molecule has 0 saturated carbocycles. The number of aromatic nitrogens is 3. The number of carbonyl (C=O) groups excluding carboxylic acids is 1. The summed E-state index contributed by atoms with van der Waals surface area (Å²) in [5, 5.41) is 8.73. The Bertz CT molecular complexity index is 863. The number of hydrogen-bond donors (Lipinski definition) is 1. The average molecular weight is 368 g/mol. The van der Waals surface area contributed by atoms with E-state index in [4.69, 9.17) is 4.74 Å². The third kappa shape index (κ3) is 4.43. The zero-order valence-electron chi connectivity index (χ0n) is 14.7. The fourth-order valence-corrected chi connectivity index (χ4v) is 2.97. The summed E-state index contributed by atoms with van der Waals surface area (Å²) in [5.74, 6) is 1.98. The molecule has 1 heterocycles.